The molecule has 1 aromatic carbocycles. The van der Waals surface area contributed by atoms with Gasteiger partial charge in [-0.15, -0.1) is 5.10 Å². The maximum absolute atomic E-state index is 12.3. The second-order valence-corrected chi connectivity index (χ2v) is 10.6. The number of benzene rings is 1. The Labute approximate surface area is 204 Å². The number of ether oxygens (including phenoxy) is 1. The lowest BCUT2D eigenvalue weighted by molar-refractivity contribution is -0.138. The van der Waals surface area contributed by atoms with Gasteiger partial charge in [-0.05, 0) is 39.0 Å². The second-order valence-electron chi connectivity index (χ2n) is 8.50. The van der Waals surface area contributed by atoms with Crippen molar-refractivity contribution in [2.24, 2.45) is 10.2 Å². The molecular formula is C21H26BrN5O5S. The Morgan fingerprint density at radius 2 is 2.00 bits per heavy atom. The fraction of sp³-hybridized carbons (Fsp3) is 0.476. The molecule has 0 aliphatic carbocycles. The maximum atomic E-state index is 12.3. The van der Waals surface area contributed by atoms with E-state index in [1.54, 1.807) is 11.1 Å². The van der Waals surface area contributed by atoms with E-state index in [-0.39, 0.29) is 23.6 Å². The quantitative estimate of drug-likeness (QED) is 0.435. The lowest BCUT2D eigenvalue weighted by atomic mass is 10.1. The van der Waals surface area contributed by atoms with Crippen LogP contribution in [0.4, 0.5) is 10.5 Å². The number of nitrogens with one attached hydrogen (secondary N) is 1. The third-order valence-electron chi connectivity index (χ3n) is 4.74. The number of nitrogens with zero attached hydrogens (tertiary/aromatic N) is 4. The van der Waals surface area contributed by atoms with Crippen molar-refractivity contribution >= 4 is 62.7 Å². The van der Waals surface area contributed by atoms with Crippen LogP contribution >= 0.6 is 27.7 Å². The summed E-state index contributed by atoms with van der Waals surface area (Å²) in [5.74, 6) is -1.43. The third-order valence-corrected chi connectivity index (χ3v) is 6.31. The Balaban J connectivity index is 1.66. The van der Waals surface area contributed by atoms with E-state index in [9.17, 15) is 14.4 Å². The topological polar surface area (TPSA) is 124 Å². The van der Waals surface area contributed by atoms with Gasteiger partial charge in [0.1, 0.15) is 10.9 Å². The molecular weight excluding hydrogens is 514 g/mol. The summed E-state index contributed by atoms with van der Waals surface area (Å²) >= 11 is 4.52. The van der Waals surface area contributed by atoms with Gasteiger partial charge in [-0.1, -0.05) is 27.7 Å². The summed E-state index contributed by atoms with van der Waals surface area (Å²) in [4.78, 5) is 38.9. The zero-order chi connectivity index (χ0) is 24.2. The summed E-state index contributed by atoms with van der Waals surface area (Å²) in [6.45, 7) is 7.90. The molecule has 12 heteroatoms. The van der Waals surface area contributed by atoms with Gasteiger partial charge in [0.25, 0.3) is 0 Å². The summed E-state index contributed by atoms with van der Waals surface area (Å²) in [5.41, 5.74) is 1.23. The molecule has 1 aromatic rings. The van der Waals surface area contributed by atoms with Crippen molar-refractivity contribution in [3.05, 3.63) is 28.2 Å². The number of piperazine rings is 1. The van der Waals surface area contributed by atoms with Gasteiger partial charge >= 0.3 is 12.1 Å². The molecule has 1 unspecified atom stereocenters. The lowest BCUT2D eigenvalue weighted by Crippen LogP contribution is -2.50. The van der Waals surface area contributed by atoms with Gasteiger partial charge in [-0.3, -0.25) is 9.59 Å². The standard InChI is InChI=1S/C21H26BrN5O5S/c1-21(2,3)32-20(31)27-8-6-26(7-9-27)15-5-4-14(22)10-13(15)12-23-25-19-24-18(30)16(33-19)11-17(28)29/h4-5,10,12,16H,6-9,11H2,1-3H3,(H,28,29)(H,24,25,30). The highest BCUT2D eigenvalue weighted by atomic mass is 79.9. The first-order chi connectivity index (χ1) is 15.5. The highest BCUT2D eigenvalue weighted by Crippen LogP contribution is 2.26. The van der Waals surface area contributed by atoms with Gasteiger partial charge in [-0.25, -0.2) is 4.79 Å². The van der Waals surface area contributed by atoms with Gasteiger partial charge in [-0.2, -0.15) is 5.10 Å². The van der Waals surface area contributed by atoms with Crippen LogP contribution in [0, 0.1) is 0 Å². The lowest BCUT2D eigenvalue weighted by Gasteiger charge is -2.37. The number of rotatable bonds is 5. The van der Waals surface area contributed by atoms with Crippen LogP contribution in [0.25, 0.3) is 0 Å². The van der Waals surface area contributed by atoms with Crippen molar-refractivity contribution in [2.75, 3.05) is 31.1 Å². The highest BCUT2D eigenvalue weighted by molar-refractivity contribution is 9.10. The minimum Gasteiger partial charge on any atom is -0.481 e. The molecule has 2 amide bonds. The molecule has 0 spiro atoms. The van der Waals surface area contributed by atoms with Crippen LogP contribution in [0.2, 0.25) is 0 Å². The van der Waals surface area contributed by atoms with E-state index in [0.717, 1.165) is 27.5 Å². The number of amidine groups is 1. The predicted octanol–water partition coefficient (Wildman–Crippen LogP) is 2.90. The first-order valence-corrected chi connectivity index (χ1v) is 12.0. The van der Waals surface area contributed by atoms with E-state index >= 15 is 0 Å². The van der Waals surface area contributed by atoms with E-state index < -0.39 is 16.8 Å². The number of carboxylic acid groups (broad SMARTS) is 1. The van der Waals surface area contributed by atoms with Crippen LogP contribution in [-0.2, 0) is 14.3 Å². The zero-order valence-corrected chi connectivity index (χ0v) is 21.0. The summed E-state index contributed by atoms with van der Waals surface area (Å²) in [6, 6.07) is 5.81. The molecule has 0 radical (unpaired) electrons. The molecule has 2 N–H and O–H groups in total. The van der Waals surface area contributed by atoms with E-state index in [2.05, 4.69) is 36.3 Å². The van der Waals surface area contributed by atoms with Crippen LogP contribution in [0.1, 0.15) is 32.8 Å². The first-order valence-electron chi connectivity index (χ1n) is 10.3. The molecule has 0 bridgehead atoms. The Morgan fingerprint density at radius 3 is 2.64 bits per heavy atom. The van der Waals surface area contributed by atoms with Crippen molar-refractivity contribution < 1.29 is 24.2 Å². The number of carboxylic acids is 1. The number of anilines is 1. The van der Waals surface area contributed by atoms with E-state index in [1.807, 2.05) is 39.0 Å². The van der Waals surface area contributed by atoms with Crippen molar-refractivity contribution in [3.63, 3.8) is 0 Å². The highest BCUT2D eigenvalue weighted by Gasteiger charge is 2.32. The SMILES string of the molecule is CC(C)(C)OC(=O)N1CCN(c2ccc(Br)cc2C=NN=C2NC(=O)C(CC(=O)O)S2)CC1. The van der Waals surface area contributed by atoms with Crippen molar-refractivity contribution in [3.8, 4) is 0 Å². The van der Waals surface area contributed by atoms with E-state index in [4.69, 9.17) is 9.84 Å². The zero-order valence-electron chi connectivity index (χ0n) is 18.6. The maximum Gasteiger partial charge on any atom is 0.410 e. The number of amides is 2. The Hall–Kier alpha value is -2.60. The summed E-state index contributed by atoms with van der Waals surface area (Å²) in [5, 5.41) is 19.1. The Bertz CT molecular complexity index is 986. The fourth-order valence-electron chi connectivity index (χ4n) is 3.26. The predicted molar refractivity (Wildman–Crippen MR) is 131 cm³/mol. The number of carbonyl (C=O) groups excluding carboxylic acids is 2. The number of hydrogen-bond acceptors (Lipinski definition) is 8. The summed E-state index contributed by atoms with van der Waals surface area (Å²) in [6.07, 6.45) is 1.00. The molecule has 2 aliphatic rings. The van der Waals surface area contributed by atoms with Gasteiger partial charge in [0.15, 0.2) is 5.17 Å². The van der Waals surface area contributed by atoms with Gasteiger partial charge in [0.2, 0.25) is 5.91 Å². The Kier molecular flexibility index (Phi) is 8.01. The van der Waals surface area contributed by atoms with Crippen LogP contribution in [0.3, 0.4) is 0 Å². The summed E-state index contributed by atoms with van der Waals surface area (Å²) in [7, 11) is 0. The molecule has 2 aliphatic heterocycles. The molecule has 1 atom stereocenters. The van der Waals surface area contributed by atoms with Crippen LogP contribution < -0.4 is 10.2 Å². The average molecular weight is 540 g/mol. The largest absolute Gasteiger partial charge is 0.481 e. The van der Waals surface area contributed by atoms with E-state index in [0.29, 0.717) is 26.2 Å². The normalized spacial score (nSPS) is 20.4. The van der Waals surface area contributed by atoms with Gasteiger partial charge < -0.3 is 25.0 Å². The second kappa shape index (κ2) is 10.6. The van der Waals surface area contributed by atoms with Crippen molar-refractivity contribution in [1.82, 2.24) is 10.2 Å². The molecule has 178 valence electrons. The fourth-order valence-corrected chi connectivity index (χ4v) is 4.56. The smallest absolute Gasteiger partial charge is 0.410 e. The molecule has 33 heavy (non-hydrogen) atoms. The summed E-state index contributed by atoms with van der Waals surface area (Å²) < 4.78 is 6.33. The van der Waals surface area contributed by atoms with Crippen LogP contribution in [0.15, 0.2) is 32.9 Å². The molecule has 3 rings (SSSR count). The molecule has 10 nitrogen and oxygen atoms in total. The van der Waals surface area contributed by atoms with Gasteiger partial charge in [0, 0.05) is 41.9 Å². The minimum absolute atomic E-state index is 0.269. The number of halogens is 1. The molecule has 0 aromatic heterocycles. The minimum atomic E-state index is -1.04. The monoisotopic (exact) mass is 539 g/mol. The number of aliphatic carboxylic acids is 1. The number of hydrogen-bond donors (Lipinski definition) is 2. The molecule has 0 saturated carbocycles. The van der Waals surface area contributed by atoms with Crippen molar-refractivity contribution in [2.45, 2.75) is 38.0 Å². The third kappa shape index (κ3) is 7.19. The van der Waals surface area contributed by atoms with Crippen LogP contribution in [-0.4, -0.2) is 76.4 Å². The van der Waals surface area contributed by atoms with E-state index in [1.165, 1.54) is 0 Å². The number of thioether (sulfide) groups is 1. The molecule has 2 fully saturated rings. The Morgan fingerprint density at radius 1 is 1.30 bits per heavy atom. The average Bonchev–Trinajstić information content (AvgIpc) is 3.05. The van der Waals surface area contributed by atoms with Crippen molar-refractivity contribution in [1.29, 1.82) is 0 Å². The first kappa shape index (κ1) is 25.0. The van der Waals surface area contributed by atoms with Crippen LogP contribution in [0.5, 0.6) is 0 Å². The number of carbonyl (C=O) groups is 3. The molecule has 2 heterocycles. The molecule has 2 saturated heterocycles. The van der Waals surface area contributed by atoms with Gasteiger partial charge in [0.05, 0.1) is 12.6 Å².